The minimum absolute atomic E-state index is 0.0332. The smallest absolute Gasteiger partial charge is 0.252 e. The van der Waals surface area contributed by atoms with Crippen molar-refractivity contribution in [2.24, 2.45) is 0 Å². The van der Waals surface area contributed by atoms with E-state index >= 15 is 0 Å². The number of benzene rings is 11. The average Bonchev–Trinajstić information content (AvgIpc) is 3.64. The summed E-state index contributed by atoms with van der Waals surface area (Å²) in [6.07, 6.45) is 0. The van der Waals surface area contributed by atoms with Crippen LogP contribution in [0.1, 0.15) is 25.0 Å². The van der Waals surface area contributed by atoms with Crippen molar-refractivity contribution in [3.05, 3.63) is 248 Å². The molecule has 318 valence electrons. The zero-order valence-electron chi connectivity index (χ0n) is 38.0. The lowest BCUT2D eigenvalue weighted by Gasteiger charge is -2.45. The van der Waals surface area contributed by atoms with Gasteiger partial charge in [-0.25, -0.2) is 0 Å². The highest BCUT2D eigenvalue weighted by Crippen LogP contribution is 2.54. The summed E-state index contributed by atoms with van der Waals surface area (Å²) in [7, 11) is 0. The molecule has 0 amide bonds. The summed E-state index contributed by atoms with van der Waals surface area (Å²) in [5, 5.41) is 4.94. The molecule has 0 spiro atoms. The molecule has 2 nitrogen and oxygen atoms in total. The van der Waals surface area contributed by atoms with E-state index in [0.29, 0.717) is 0 Å². The SMILES string of the molecule is CC1(C)c2ccccc2-c2c(-c3cc4c5c(c3)N(c3ccc(-c6ccccc6)cc3)c3c(ccc6ccccc36)B5c3ccc5ccccc5c3N4c3ccc(-c4ccccc4)cc3)cccc21. The second-order valence-electron chi connectivity index (χ2n) is 19.2. The van der Waals surface area contributed by atoms with Crippen LogP contribution in [-0.4, -0.2) is 6.71 Å². The fourth-order valence-electron chi connectivity index (χ4n) is 12.1. The van der Waals surface area contributed by atoms with Gasteiger partial charge in [-0.15, -0.1) is 0 Å². The van der Waals surface area contributed by atoms with Gasteiger partial charge < -0.3 is 9.80 Å². The molecule has 0 unspecified atom stereocenters. The van der Waals surface area contributed by atoms with Crippen LogP contribution in [0, 0.1) is 0 Å². The molecule has 0 N–H and O–H groups in total. The van der Waals surface area contributed by atoms with Crippen LogP contribution in [0.4, 0.5) is 34.1 Å². The van der Waals surface area contributed by atoms with Gasteiger partial charge in [-0.2, -0.15) is 0 Å². The van der Waals surface area contributed by atoms with Crippen LogP contribution in [0.2, 0.25) is 0 Å². The summed E-state index contributed by atoms with van der Waals surface area (Å²) in [4.78, 5) is 5.18. The summed E-state index contributed by atoms with van der Waals surface area (Å²) in [6, 6.07) is 88.4. The van der Waals surface area contributed by atoms with Crippen LogP contribution in [0.5, 0.6) is 0 Å². The fourth-order valence-corrected chi connectivity index (χ4v) is 12.1. The van der Waals surface area contributed by atoms with Crippen molar-refractivity contribution >= 4 is 78.8 Å². The topological polar surface area (TPSA) is 6.48 Å². The summed E-state index contributed by atoms with van der Waals surface area (Å²) in [5.74, 6) is 0. The Balaban J connectivity index is 1.11. The number of hydrogen-bond acceptors (Lipinski definition) is 2. The summed E-state index contributed by atoms with van der Waals surface area (Å²) < 4.78 is 0. The maximum atomic E-state index is 2.59. The molecule has 0 saturated carbocycles. The van der Waals surface area contributed by atoms with Gasteiger partial charge in [-0.3, -0.25) is 0 Å². The molecule has 1 aliphatic carbocycles. The minimum Gasteiger partial charge on any atom is -0.311 e. The monoisotopic (exact) mass is 864 g/mol. The Morgan fingerprint density at radius 1 is 0.353 bits per heavy atom. The summed E-state index contributed by atoms with van der Waals surface area (Å²) in [6.45, 7) is 4.73. The Bertz CT molecular complexity index is 3620. The van der Waals surface area contributed by atoms with Crippen molar-refractivity contribution in [3.63, 3.8) is 0 Å². The van der Waals surface area contributed by atoms with E-state index in [4.69, 9.17) is 0 Å². The highest BCUT2D eigenvalue weighted by Gasteiger charge is 2.45. The Morgan fingerprint density at radius 3 is 1.34 bits per heavy atom. The molecule has 11 aromatic carbocycles. The third-order valence-electron chi connectivity index (χ3n) is 15.2. The molecule has 11 aromatic rings. The quantitative estimate of drug-likeness (QED) is 0.159. The van der Waals surface area contributed by atoms with Gasteiger partial charge in [0.15, 0.2) is 0 Å². The van der Waals surface area contributed by atoms with Gasteiger partial charge in [0.2, 0.25) is 0 Å². The molecule has 14 rings (SSSR count). The maximum Gasteiger partial charge on any atom is 0.252 e. The Morgan fingerprint density at radius 2 is 0.794 bits per heavy atom. The van der Waals surface area contributed by atoms with Crippen LogP contribution in [0.15, 0.2) is 237 Å². The molecule has 68 heavy (non-hydrogen) atoms. The molecule has 2 heterocycles. The molecule has 0 fully saturated rings. The third-order valence-corrected chi connectivity index (χ3v) is 15.2. The molecule has 0 saturated heterocycles. The van der Waals surface area contributed by atoms with Crippen molar-refractivity contribution in [1.29, 1.82) is 0 Å². The van der Waals surface area contributed by atoms with Crippen LogP contribution in [-0.2, 0) is 5.41 Å². The van der Waals surface area contributed by atoms with E-state index in [2.05, 4.69) is 260 Å². The van der Waals surface area contributed by atoms with E-state index in [-0.39, 0.29) is 12.1 Å². The van der Waals surface area contributed by atoms with Gasteiger partial charge in [-0.05, 0) is 119 Å². The largest absolute Gasteiger partial charge is 0.311 e. The van der Waals surface area contributed by atoms with Gasteiger partial charge in [-0.1, -0.05) is 214 Å². The van der Waals surface area contributed by atoms with Crippen LogP contribution in [0.3, 0.4) is 0 Å². The van der Waals surface area contributed by atoms with Gasteiger partial charge in [0, 0.05) is 50.3 Å². The predicted molar refractivity (Wildman–Crippen MR) is 289 cm³/mol. The zero-order valence-corrected chi connectivity index (χ0v) is 38.0. The lowest BCUT2D eigenvalue weighted by molar-refractivity contribution is 0.660. The first-order chi connectivity index (χ1) is 33.5. The highest BCUT2D eigenvalue weighted by molar-refractivity contribution is 7.00. The number of hydrogen-bond donors (Lipinski definition) is 0. The van der Waals surface area contributed by atoms with Crippen LogP contribution < -0.4 is 26.2 Å². The van der Waals surface area contributed by atoms with Crippen LogP contribution >= 0.6 is 0 Å². The average molecular weight is 865 g/mol. The highest BCUT2D eigenvalue weighted by atomic mass is 15.2. The second kappa shape index (κ2) is 14.8. The van der Waals surface area contributed by atoms with Crippen LogP contribution in [0.25, 0.3) is 66.1 Å². The molecular weight excluding hydrogens is 820 g/mol. The standard InChI is InChI=1S/C65H45BN2/c1-65(2)55-26-14-13-24-54(55)61-51(25-15-27-56(61)65)48-40-59-62-60(41-48)68(50-36-30-45(31-37-50)43-18-7-4-8-19-43)64-53-23-12-10-21-47(53)33-39-58(64)66(62)57-38-32-46-20-9-11-22-52(46)63(57)67(59)49-34-28-44(29-35-49)42-16-5-3-6-17-42/h3-41H,1-2H3. The molecule has 0 bridgehead atoms. The maximum absolute atomic E-state index is 2.59. The summed E-state index contributed by atoms with van der Waals surface area (Å²) >= 11 is 0. The van der Waals surface area contributed by atoms with Crippen molar-refractivity contribution in [1.82, 2.24) is 0 Å². The van der Waals surface area contributed by atoms with Crippen molar-refractivity contribution in [2.45, 2.75) is 19.3 Å². The van der Waals surface area contributed by atoms with E-state index in [1.807, 2.05) is 0 Å². The zero-order chi connectivity index (χ0) is 45.1. The molecular formula is C65H45BN2. The molecule has 3 heteroatoms. The molecule has 0 atom stereocenters. The minimum atomic E-state index is -0.135. The fraction of sp³-hybridized carbons (Fsp3) is 0.0462. The number of nitrogens with zero attached hydrogens (tertiary/aromatic N) is 2. The van der Waals surface area contributed by atoms with Gasteiger partial charge in [0.1, 0.15) is 0 Å². The normalized spacial score (nSPS) is 13.8. The first kappa shape index (κ1) is 38.8. The Labute approximate surface area is 398 Å². The molecule has 0 radical (unpaired) electrons. The molecule has 0 aromatic heterocycles. The Kier molecular flexibility index (Phi) is 8.46. The number of rotatable bonds is 5. The van der Waals surface area contributed by atoms with E-state index in [1.54, 1.807) is 0 Å². The number of fused-ring (bicyclic) bond motifs is 11. The van der Waals surface area contributed by atoms with E-state index in [9.17, 15) is 0 Å². The predicted octanol–water partition coefficient (Wildman–Crippen LogP) is 15.4. The van der Waals surface area contributed by atoms with Gasteiger partial charge in [0.05, 0.1) is 0 Å². The van der Waals surface area contributed by atoms with Crippen molar-refractivity contribution < 1.29 is 0 Å². The molecule has 3 aliphatic rings. The van der Waals surface area contributed by atoms with E-state index in [0.717, 1.165) is 11.4 Å². The van der Waals surface area contributed by atoms with Gasteiger partial charge >= 0.3 is 0 Å². The lowest BCUT2D eigenvalue weighted by atomic mass is 9.33. The summed E-state index contributed by atoms with van der Waals surface area (Å²) in [5.41, 5.74) is 23.6. The Hall–Kier alpha value is -8.40. The third kappa shape index (κ3) is 5.66. The second-order valence-corrected chi connectivity index (χ2v) is 19.2. The van der Waals surface area contributed by atoms with E-state index in [1.165, 1.54) is 116 Å². The van der Waals surface area contributed by atoms with Gasteiger partial charge in [0.25, 0.3) is 6.71 Å². The first-order valence-corrected chi connectivity index (χ1v) is 23.9. The number of anilines is 6. The lowest BCUT2D eigenvalue weighted by Crippen LogP contribution is -2.61. The van der Waals surface area contributed by atoms with E-state index < -0.39 is 0 Å². The van der Waals surface area contributed by atoms with Crippen molar-refractivity contribution in [3.8, 4) is 44.5 Å². The molecule has 2 aliphatic heterocycles. The first-order valence-electron chi connectivity index (χ1n) is 23.9. The van der Waals surface area contributed by atoms with Crippen molar-refractivity contribution in [2.75, 3.05) is 9.80 Å².